The van der Waals surface area contributed by atoms with Crippen LogP contribution in [0.25, 0.3) is 0 Å². The lowest BCUT2D eigenvalue weighted by molar-refractivity contribution is -0.143. The molecule has 0 aromatic heterocycles. The van der Waals surface area contributed by atoms with Crippen LogP contribution in [0.1, 0.15) is 64.4 Å². The van der Waals surface area contributed by atoms with Gasteiger partial charge in [-0.05, 0) is 74.7 Å². The summed E-state index contributed by atoms with van der Waals surface area (Å²) in [6.45, 7) is 3.86. The Kier molecular flexibility index (Phi) is 10.7. The van der Waals surface area contributed by atoms with Crippen molar-refractivity contribution >= 4 is 5.97 Å². The van der Waals surface area contributed by atoms with E-state index < -0.39 is 24.3 Å². The third kappa shape index (κ3) is 8.40. The number of benzene rings is 1. The summed E-state index contributed by atoms with van der Waals surface area (Å²) in [5, 5.41) is 40.5. The summed E-state index contributed by atoms with van der Waals surface area (Å²) < 4.78 is 0. The number of hydrogen-bond acceptors (Lipinski definition) is 4. The number of aliphatic hydroxyl groups excluding tert-OH is 3. The molecule has 0 bridgehead atoms. The smallest absolute Gasteiger partial charge is 0.306 e. The summed E-state index contributed by atoms with van der Waals surface area (Å²) in [4.78, 5) is 11.3. The highest BCUT2D eigenvalue weighted by Gasteiger charge is 2.40. The topological polar surface area (TPSA) is 98.0 Å². The Morgan fingerprint density at radius 1 is 1.03 bits per heavy atom. The maximum atomic E-state index is 11.3. The van der Waals surface area contributed by atoms with Crippen molar-refractivity contribution in [3.8, 4) is 0 Å². The highest BCUT2D eigenvalue weighted by Crippen LogP contribution is 2.38. The van der Waals surface area contributed by atoms with Crippen molar-refractivity contribution in [1.29, 1.82) is 0 Å². The van der Waals surface area contributed by atoms with E-state index >= 15 is 0 Å². The normalized spacial score (nSPS) is 25.9. The van der Waals surface area contributed by atoms with Crippen LogP contribution in [0.4, 0.5) is 0 Å². The number of carbonyl (C=O) groups is 1. The molecule has 1 aliphatic rings. The summed E-state index contributed by atoms with van der Waals surface area (Å²) in [6.07, 6.45) is 7.74. The zero-order chi connectivity index (χ0) is 22.8. The molecule has 0 spiro atoms. The molecule has 0 aliphatic heterocycles. The molecular formula is C26H40O5. The van der Waals surface area contributed by atoms with E-state index in [-0.39, 0.29) is 23.7 Å². The van der Waals surface area contributed by atoms with Crippen LogP contribution in [0, 0.1) is 23.7 Å². The molecule has 0 radical (unpaired) electrons. The first-order chi connectivity index (χ1) is 14.8. The van der Waals surface area contributed by atoms with Crippen molar-refractivity contribution in [2.24, 2.45) is 23.7 Å². The van der Waals surface area contributed by atoms with Crippen LogP contribution in [0.15, 0.2) is 42.5 Å². The van der Waals surface area contributed by atoms with E-state index in [2.05, 4.69) is 12.1 Å². The molecule has 31 heavy (non-hydrogen) atoms. The lowest BCUT2D eigenvalue weighted by Gasteiger charge is -2.23. The van der Waals surface area contributed by atoms with Gasteiger partial charge >= 0.3 is 5.97 Å². The fraction of sp³-hybridized carbons (Fsp3) is 0.654. The van der Waals surface area contributed by atoms with Gasteiger partial charge in [0.2, 0.25) is 0 Å². The number of carboxylic acids is 1. The zero-order valence-electron chi connectivity index (χ0n) is 18.9. The van der Waals surface area contributed by atoms with E-state index in [1.807, 2.05) is 44.2 Å². The quantitative estimate of drug-likeness (QED) is 0.350. The number of aliphatic carboxylic acids is 1. The fourth-order valence-electron chi connectivity index (χ4n) is 4.80. The Morgan fingerprint density at radius 3 is 2.35 bits per heavy atom. The van der Waals surface area contributed by atoms with Crippen LogP contribution in [0.3, 0.4) is 0 Å². The first-order valence-electron chi connectivity index (χ1n) is 11.8. The maximum absolute atomic E-state index is 11.3. The van der Waals surface area contributed by atoms with Crippen LogP contribution in [-0.4, -0.2) is 44.7 Å². The van der Waals surface area contributed by atoms with Gasteiger partial charge in [-0.3, -0.25) is 4.79 Å². The Hall–Kier alpha value is -1.69. The van der Waals surface area contributed by atoms with Gasteiger partial charge in [0, 0.05) is 0 Å². The van der Waals surface area contributed by atoms with Gasteiger partial charge < -0.3 is 20.4 Å². The number of hydrogen-bond donors (Lipinski definition) is 4. The summed E-state index contributed by atoms with van der Waals surface area (Å²) in [7, 11) is 0. The van der Waals surface area contributed by atoms with Gasteiger partial charge in [-0.25, -0.2) is 0 Å². The molecular weight excluding hydrogens is 392 g/mol. The summed E-state index contributed by atoms with van der Waals surface area (Å²) in [6, 6.07) is 10.1. The molecule has 5 nitrogen and oxygen atoms in total. The summed E-state index contributed by atoms with van der Waals surface area (Å²) >= 11 is 0. The number of aryl methyl sites for hydroxylation is 1. The predicted octanol–water partition coefficient (Wildman–Crippen LogP) is 4.20. The first-order valence-corrected chi connectivity index (χ1v) is 11.8. The van der Waals surface area contributed by atoms with Crippen molar-refractivity contribution in [1.82, 2.24) is 0 Å². The van der Waals surface area contributed by atoms with E-state index in [1.54, 1.807) is 0 Å². The minimum atomic E-state index is -0.747. The SMILES string of the molecule is CC(C)C(CC/C=C\C[C@@H]1[C@@H](CC[C@@H](O)CCc2ccccc2)[C@H](O)C[C@@H]1O)C(=O)O. The molecule has 6 atom stereocenters. The zero-order valence-corrected chi connectivity index (χ0v) is 18.9. The molecule has 1 aromatic rings. The Balaban J connectivity index is 1.77. The maximum Gasteiger partial charge on any atom is 0.306 e. The monoisotopic (exact) mass is 432 g/mol. The molecule has 1 fully saturated rings. The highest BCUT2D eigenvalue weighted by molar-refractivity contribution is 5.70. The number of rotatable bonds is 13. The lowest BCUT2D eigenvalue weighted by Crippen LogP contribution is -2.23. The molecule has 0 heterocycles. The van der Waals surface area contributed by atoms with Crippen LogP contribution in [0.5, 0.6) is 0 Å². The molecule has 0 amide bonds. The van der Waals surface area contributed by atoms with E-state index in [0.717, 1.165) is 6.42 Å². The second-order valence-corrected chi connectivity index (χ2v) is 9.43. The molecule has 1 saturated carbocycles. The molecule has 4 N–H and O–H groups in total. The fourth-order valence-corrected chi connectivity index (χ4v) is 4.80. The first kappa shape index (κ1) is 25.6. The van der Waals surface area contributed by atoms with E-state index in [1.165, 1.54) is 5.56 Å². The highest BCUT2D eigenvalue weighted by atomic mass is 16.4. The van der Waals surface area contributed by atoms with Crippen LogP contribution in [0.2, 0.25) is 0 Å². The van der Waals surface area contributed by atoms with Crippen LogP contribution < -0.4 is 0 Å². The minimum Gasteiger partial charge on any atom is -0.481 e. The average Bonchev–Trinajstić information content (AvgIpc) is 2.99. The summed E-state index contributed by atoms with van der Waals surface area (Å²) in [5.74, 6) is -1.02. The largest absolute Gasteiger partial charge is 0.481 e. The van der Waals surface area contributed by atoms with Gasteiger partial charge in [-0.15, -0.1) is 0 Å². The number of allylic oxidation sites excluding steroid dienone is 2. The van der Waals surface area contributed by atoms with E-state index in [9.17, 15) is 25.2 Å². The van der Waals surface area contributed by atoms with Crippen molar-refractivity contribution in [2.45, 2.75) is 83.5 Å². The summed E-state index contributed by atoms with van der Waals surface area (Å²) in [5.41, 5.74) is 1.21. The Labute approximate surface area is 186 Å². The second kappa shape index (κ2) is 13.0. The Bertz CT molecular complexity index is 672. The number of carboxylic acid groups (broad SMARTS) is 1. The third-order valence-electron chi connectivity index (χ3n) is 6.80. The van der Waals surface area contributed by atoms with Crippen molar-refractivity contribution in [3.05, 3.63) is 48.0 Å². The molecule has 1 aromatic carbocycles. The van der Waals surface area contributed by atoms with Gasteiger partial charge in [-0.1, -0.05) is 56.3 Å². The standard InChI is InChI=1S/C26H40O5/c1-18(2)21(26(30)31)11-7-4-8-12-22-23(25(29)17-24(22)28)16-15-20(27)14-13-19-9-5-3-6-10-19/h3-6,8-10,18,20-25,27-29H,7,11-17H2,1-2H3,(H,30,31)/b8-4-/t20-,21?,22+,23+,24-,25+/m0/s1. The molecule has 5 heteroatoms. The molecule has 0 saturated heterocycles. The Morgan fingerprint density at radius 2 is 1.71 bits per heavy atom. The van der Waals surface area contributed by atoms with Gasteiger partial charge in [0.25, 0.3) is 0 Å². The molecule has 1 unspecified atom stereocenters. The predicted molar refractivity (Wildman–Crippen MR) is 123 cm³/mol. The molecule has 174 valence electrons. The molecule has 1 aliphatic carbocycles. The molecule has 2 rings (SSSR count). The lowest BCUT2D eigenvalue weighted by atomic mass is 9.85. The van der Waals surface area contributed by atoms with Gasteiger partial charge in [0.05, 0.1) is 24.2 Å². The van der Waals surface area contributed by atoms with Gasteiger partial charge in [0.15, 0.2) is 0 Å². The minimum absolute atomic E-state index is 0.0199. The van der Waals surface area contributed by atoms with Gasteiger partial charge in [-0.2, -0.15) is 0 Å². The van der Waals surface area contributed by atoms with E-state index in [4.69, 9.17) is 0 Å². The third-order valence-corrected chi connectivity index (χ3v) is 6.80. The van der Waals surface area contributed by atoms with Crippen molar-refractivity contribution < 1.29 is 25.2 Å². The van der Waals surface area contributed by atoms with Gasteiger partial charge in [0.1, 0.15) is 0 Å². The second-order valence-electron chi connectivity index (χ2n) is 9.43. The van der Waals surface area contributed by atoms with Crippen molar-refractivity contribution in [2.75, 3.05) is 0 Å². The average molecular weight is 433 g/mol. The van der Waals surface area contributed by atoms with Crippen LogP contribution in [-0.2, 0) is 11.2 Å². The van der Waals surface area contributed by atoms with Crippen LogP contribution >= 0.6 is 0 Å². The van der Waals surface area contributed by atoms with E-state index in [0.29, 0.717) is 44.9 Å². The number of aliphatic hydroxyl groups is 3. The van der Waals surface area contributed by atoms with Crippen molar-refractivity contribution in [3.63, 3.8) is 0 Å².